The predicted octanol–water partition coefficient (Wildman–Crippen LogP) is 13.6. The summed E-state index contributed by atoms with van der Waals surface area (Å²) in [7, 11) is 0. The van der Waals surface area contributed by atoms with E-state index in [1.165, 1.54) is 38.5 Å². The fourth-order valence-electron chi connectivity index (χ4n) is 2.69. The highest BCUT2D eigenvalue weighted by Crippen LogP contribution is 2.17. The highest BCUT2D eigenvalue weighted by Gasteiger charge is 2.05. The molecule has 0 spiro atoms. The van der Waals surface area contributed by atoms with Gasteiger partial charge in [-0.25, -0.2) is 0 Å². The molecule has 4 unspecified atom stereocenters. The van der Waals surface area contributed by atoms with Crippen molar-refractivity contribution in [1.29, 1.82) is 0 Å². The Balaban J connectivity index is -0.000000109. The molecule has 0 aliphatic heterocycles. The lowest BCUT2D eigenvalue weighted by atomic mass is 9.92. The minimum Gasteiger partial charge on any atom is -0.0654 e. The summed E-state index contributed by atoms with van der Waals surface area (Å²) in [6.07, 6.45) is 8.11. The van der Waals surface area contributed by atoms with Gasteiger partial charge in [0.1, 0.15) is 0 Å². The molecule has 0 N–H and O–H groups in total. The molecule has 0 aromatic carbocycles. The van der Waals surface area contributed by atoms with E-state index in [1.807, 2.05) is 0 Å². The van der Waals surface area contributed by atoms with Crippen LogP contribution in [0.15, 0.2) is 0 Å². The molecule has 0 aromatic heterocycles. The van der Waals surface area contributed by atoms with Crippen LogP contribution in [0, 0.1) is 52.8 Å². The molecule has 0 rings (SSSR count). The first-order valence-electron chi connectivity index (χ1n) is 15.7. The summed E-state index contributed by atoms with van der Waals surface area (Å²) in [5.74, 6) is 7.13. The molecule has 35 heavy (non-hydrogen) atoms. The Labute approximate surface area is 229 Å². The molecule has 0 bridgehead atoms. The van der Waals surface area contributed by atoms with E-state index in [0.717, 1.165) is 47.3 Å². The zero-order valence-corrected chi connectivity index (χ0v) is 29.4. The molecule has 4 atom stereocenters. The molecule has 0 heteroatoms. The minimum absolute atomic E-state index is 0.500. The average Bonchev–Trinajstić information content (AvgIpc) is 2.71. The smallest absolute Gasteiger partial charge is 0.0411 e. The first-order chi connectivity index (χ1) is 15.7. The summed E-state index contributed by atoms with van der Waals surface area (Å²) >= 11 is 0. The Morgan fingerprint density at radius 3 is 0.857 bits per heavy atom. The lowest BCUT2D eigenvalue weighted by Crippen LogP contribution is -2.04. The van der Waals surface area contributed by atoms with Crippen molar-refractivity contribution in [3.05, 3.63) is 0 Å². The summed E-state index contributed by atoms with van der Waals surface area (Å²) in [6, 6.07) is 0. The van der Waals surface area contributed by atoms with Gasteiger partial charge >= 0.3 is 0 Å². The van der Waals surface area contributed by atoms with Crippen molar-refractivity contribution in [3.63, 3.8) is 0 Å². The van der Waals surface area contributed by atoms with Gasteiger partial charge in [0, 0.05) is 0 Å². The van der Waals surface area contributed by atoms with E-state index in [2.05, 4.69) is 138 Å². The quantitative estimate of drug-likeness (QED) is 0.279. The zero-order valence-electron chi connectivity index (χ0n) is 29.4. The van der Waals surface area contributed by atoms with E-state index in [-0.39, 0.29) is 0 Å². The maximum Gasteiger partial charge on any atom is -0.0411 e. The Hall–Kier alpha value is 0. The van der Waals surface area contributed by atoms with Crippen molar-refractivity contribution < 1.29 is 0 Å². The van der Waals surface area contributed by atoms with Crippen LogP contribution in [0.5, 0.6) is 0 Å². The molecule has 0 radical (unpaired) electrons. The molecule has 0 saturated carbocycles. The third kappa shape index (κ3) is 55.7. The summed E-state index contributed by atoms with van der Waals surface area (Å²) in [4.78, 5) is 0. The molecule has 0 aliphatic carbocycles. The van der Waals surface area contributed by atoms with E-state index < -0.39 is 0 Å². The first-order valence-corrected chi connectivity index (χ1v) is 15.7. The largest absolute Gasteiger partial charge is 0.0654 e. The SMILES string of the molecule is CC(C)(C)C.CC(C)C(C)C.CCC(C)C(C)C.CCC(C)C(C)CC.CCCC(C)CC(C)C. The Bertz CT molecular complexity index is 335. The van der Waals surface area contributed by atoms with Gasteiger partial charge in [0.25, 0.3) is 0 Å². The van der Waals surface area contributed by atoms with Crippen LogP contribution in [0.2, 0.25) is 0 Å². The second kappa shape index (κ2) is 28.6. The molecule has 0 aliphatic rings. The van der Waals surface area contributed by atoms with Crippen molar-refractivity contribution in [2.45, 2.75) is 177 Å². The lowest BCUT2D eigenvalue weighted by Gasteiger charge is -2.14. The second-order valence-electron chi connectivity index (χ2n) is 14.4. The molecule has 0 saturated heterocycles. The van der Waals surface area contributed by atoms with Crippen LogP contribution >= 0.6 is 0 Å². The molecular weight excluding hydrogens is 420 g/mol. The van der Waals surface area contributed by atoms with Crippen molar-refractivity contribution in [2.75, 3.05) is 0 Å². The van der Waals surface area contributed by atoms with Crippen LogP contribution in [-0.4, -0.2) is 0 Å². The molecule has 0 aromatic rings. The molecule has 0 nitrogen and oxygen atoms in total. The average molecular weight is 501 g/mol. The first kappa shape index (κ1) is 45.0. The van der Waals surface area contributed by atoms with E-state index in [4.69, 9.17) is 0 Å². The van der Waals surface area contributed by atoms with Gasteiger partial charge in [-0.3, -0.25) is 0 Å². The maximum atomic E-state index is 2.35. The van der Waals surface area contributed by atoms with Gasteiger partial charge in [-0.1, -0.05) is 171 Å². The van der Waals surface area contributed by atoms with Gasteiger partial charge in [-0.15, -0.1) is 0 Å². The van der Waals surface area contributed by atoms with E-state index >= 15 is 0 Å². The van der Waals surface area contributed by atoms with Gasteiger partial charge in [0.15, 0.2) is 0 Å². The van der Waals surface area contributed by atoms with E-state index in [9.17, 15) is 0 Å². The number of rotatable bonds is 10. The fraction of sp³-hybridized carbons (Fsp3) is 1.00. The molecule has 220 valence electrons. The molecule has 0 heterocycles. The second-order valence-corrected chi connectivity index (χ2v) is 14.4. The highest BCUT2D eigenvalue weighted by molar-refractivity contribution is 4.57. The fourth-order valence-corrected chi connectivity index (χ4v) is 2.69. The number of hydrogen-bond acceptors (Lipinski definition) is 0. The van der Waals surface area contributed by atoms with Crippen LogP contribution in [0.1, 0.15) is 177 Å². The molecule has 0 fully saturated rings. The van der Waals surface area contributed by atoms with Gasteiger partial charge in [0.05, 0.1) is 0 Å². The Kier molecular flexibility index (Phi) is 36.7. The van der Waals surface area contributed by atoms with E-state index in [1.54, 1.807) is 0 Å². The normalized spacial score (nSPS) is 14.4. The standard InChI is InChI=1S/C9H20.C8H18.C7H16.C6H14.C5H12/c1-5-6-9(4)7-8(2)3;1-5-7(3)8(4)6-2;1-5-7(4)6(2)3;1-5(2)6(3)4;1-5(2,3)4/h8-9H,5-7H2,1-4H3;7-8H,5-6H2,1-4H3;6-7H,5H2,1-4H3;5-6H,1-4H3;1-4H3. The van der Waals surface area contributed by atoms with Crippen LogP contribution < -0.4 is 0 Å². The van der Waals surface area contributed by atoms with Gasteiger partial charge < -0.3 is 0 Å². The van der Waals surface area contributed by atoms with Crippen molar-refractivity contribution >= 4 is 0 Å². The topological polar surface area (TPSA) is 0 Å². The lowest BCUT2D eigenvalue weighted by molar-refractivity contribution is 0.367. The number of hydrogen-bond donors (Lipinski definition) is 0. The zero-order chi connectivity index (χ0) is 29.4. The molecular formula is C35H80. The summed E-state index contributed by atoms with van der Waals surface area (Å²) in [5.41, 5.74) is 0.500. The van der Waals surface area contributed by atoms with Crippen molar-refractivity contribution in [3.8, 4) is 0 Å². The third-order valence-electron chi connectivity index (χ3n) is 7.03. The van der Waals surface area contributed by atoms with Crippen molar-refractivity contribution in [2.24, 2.45) is 52.8 Å². The molecule has 0 amide bonds. The van der Waals surface area contributed by atoms with Gasteiger partial charge in [0.2, 0.25) is 0 Å². The van der Waals surface area contributed by atoms with Crippen molar-refractivity contribution in [1.82, 2.24) is 0 Å². The summed E-state index contributed by atoms with van der Waals surface area (Å²) in [6.45, 7) is 45.2. The van der Waals surface area contributed by atoms with Crippen LogP contribution in [-0.2, 0) is 0 Å². The van der Waals surface area contributed by atoms with Gasteiger partial charge in [-0.05, 0) is 59.2 Å². The van der Waals surface area contributed by atoms with Crippen LogP contribution in [0.3, 0.4) is 0 Å². The van der Waals surface area contributed by atoms with E-state index in [0.29, 0.717) is 5.41 Å². The Morgan fingerprint density at radius 2 is 0.743 bits per heavy atom. The third-order valence-corrected chi connectivity index (χ3v) is 7.03. The van der Waals surface area contributed by atoms with Crippen LogP contribution in [0.4, 0.5) is 0 Å². The highest BCUT2D eigenvalue weighted by atomic mass is 14.1. The summed E-state index contributed by atoms with van der Waals surface area (Å²) < 4.78 is 0. The monoisotopic (exact) mass is 501 g/mol. The Morgan fingerprint density at radius 1 is 0.457 bits per heavy atom. The maximum absolute atomic E-state index is 2.35. The summed E-state index contributed by atoms with van der Waals surface area (Å²) in [5, 5.41) is 0. The van der Waals surface area contributed by atoms with Crippen LogP contribution in [0.25, 0.3) is 0 Å². The van der Waals surface area contributed by atoms with Gasteiger partial charge in [-0.2, -0.15) is 0 Å². The predicted molar refractivity (Wildman–Crippen MR) is 172 cm³/mol. The minimum atomic E-state index is 0.500.